The number of para-hydroxylation sites is 3. The third-order valence-electron chi connectivity index (χ3n) is 3.33. The Kier molecular flexibility index (Phi) is 6.33. The van der Waals surface area contributed by atoms with Gasteiger partial charge in [0.25, 0.3) is 5.91 Å². The van der Waals surface area contributed by atoms with E-state index in [4.69, 9.17) is 9.47 Å². The van der Waals surface area contributed by atoms with Gasteiger partial charge in [0.1, 0.15) is 11.9 Å². The summed E-state index contributed by atoms with van der Waals surface area (Å²) >= 11 is 0. The minimum Gasteiger partial charge on any atom is -0.493 e. The molecular weight excluding hydrogens is 327 g/mol. The molecule has 0 aromatic heterocycles. The summed E-state index contributed by atoms with van der Waals surface area (Å²) in [6.07, 6.45) is 0. The molecule has 7 heteroatoms. The number of methoxy groups -OCH3 is 1. The Balaban J connectivity index is 1.85. The highest BCUT2D eigenvalue weighted by Gasteiger charge is 2.17. The Morgan fingerprint density at radius 2 is 1.72 bits per heavy atom. The fourth-order valence-corrected chi connectivity index (χ4v) is 2.03. The van der Waals surface area contributed by atoms with Crippen molar-refractivity contribution >= 4 is 17.5 Å². The van der Waals surface area contributed by atoms with Gasteiger partial charge in [-0.2, -0.15) is 0 Å². The van der Waals surface area contributed by atoms with Crippen LogP contribution in [0.4, 0.5) is 10.1 Å². The summed E-state index contributed by atoms with van der Waals surface area (Å²) in [7, 11) is 1.50. The maximum absolute atomic E-state index is 13.5. The Hall–Kier alpha value is -3.09. The lowest BCUT2D eigenvalue weighted by atomic mass is 10.2. The van der Waals surface area contributed by atoms with Crippen LogP contribution in [0.5, 0.6) is 11.5 Å². The lowest BCUT2D eigenvalue weighted by molar-refractivity contribution is -0.127. The van der Waals surface area contributed by atoms with Crippen molar-refractivity contribution in [3.05, 3.63) is 54.3 Å². The molecule has 6 nitrogen and oxygen atoms in total. The number of benzene rings is 2. The standard InChI is InChI=1S/C18H19FN2O4/c1-12(18(23)21-14-8-4-3-7-13(14)19)20-17(22)11-25-16-10-6-5-9-15(16)24-2/h3-10,12H,11H2,1-2H3,(H,20,22)(H,21,23). The maximum atomic E-state index is 13.5. The average Bonchev–Trinajstić information content (AvgIpc) is 2.62. The van der Waals surface area contributed by atoms with Gasteiger partial charge in [0, 0.05) is 0 Å². The van der Waals surface area contributed by atoms with Gasteiger partial charge in [-0.3, -0.25) is 9.59 Å². The van der Waals surface area contributed by atoms with Gasteiger partial charge < -0.3 is 20.1 Å². The molecule has 1 unspecified atom stereocenters. The van der Waals surface area contributed by atoms with Gasteiger partial charge >= 0.3 is 0 Å². The summed E-state index contributed by atoms with van der Waals surface area (Å²) in [5.41, 5.74) is 0.0545. The lowest BCUT2D eigenvalue weighted by Gasteiger charge is -2.15. The van der Waals surface area contributed by atoms with E-state index in [1.54, 1.807) is 30.3 Å². The number of nitrogens with one attached hydrogen (secondary N) is 2. The predicted molar refractivity (Wildman–Crippen MR) is 91.1 cm³/mol. The minimum atomic E-state index is -0.853. The molecule has 1 atom stereocenters. The van der Waals surface area contributed by atoms with E-state index in [2.05, 4.69) is 10.6 Å². The van der Waals surface area contributed by atoms with Crippen molar-refractivity contribution in [2.45, 2.75) is 13.0 Å². The number of carbonyl (C=O) groups excluding carboxylic acids is 2. The predicted octanol–water partition coefficient (Wildman–Crippen LogP) is 2.36. The van der Waals surface area contributed by atoms with E-state index in [-0.39, 0.29) is 12.3 Å². The monoisotopic (exact) mass is 346 g/mol. The largest absolute Gasteiger partial charge is 0.493 e. The van der Waals surface area contributed by atoms with E-state index in [0.29, 0.717) is 11.5 Å². The van der Waals surface area contributed by atoms with Crippen molar-refractivity contribution in [2.24, 2.45) is 0 Å². The van der Waals surface area contributed by atoms with E-state index in [1.807, 2.05) is 0 Å². The highest BCUT2D eigenvalue weighted by molar-refractivity contribution is 5.97. The zero-order valence-corrected chi connectivity index (χ0v) is 13.9. The zero-order chi connectivity index (χ0) is 18.2. The lowest BCUT2D eigenvalue weighted by Crippen LogP contribution is -2.43. The van der Waals surface area contributed by atoms with Gasteiger partial charge in [0.15, 0.2) is 18.1 Å². The first-order valence-corrected chi connectivity index (χ1v) is 7.62. The maximum Gasteiger partial charge on any atom is 0.258 e. The van der Waals surface area contributed by atoms with E-state index in [0.717, 1.165) is 0 Å². The van der Waals surface area contributed by atoms with E-state index in [9.17, 15) is 14.0 Å². The second-order valence-electron chi connectivity index (χ2n) is 5.20. The second kappa shape index (κ2) is 8.68. The van der Waals surface area contributed by atoms with Gasteiger partial charge in [-0.25, -0.2) is 4.39 Å². The molecular formula is C18H19FN2O4. The molecule has 0 bridgehead atoms. The third-order valence-corrected chi connectivity index (χ3v) is 3.33. The quantitative estimate of drug-likeness (QED) is 0.807. The normalized spacial score (nSPS) is 11.3. The van der Waals surface area contributed by atoms with Gasteiger partial charge in [-0.05, 0) is 31.2 Å². The number of carbonyl (C=O) groups is 2. The van der Waals surface area contributed by atoms with Crippen LogP contribution >= 0.6 is 0 Å². The number of amides is 2. The fraction of sp³-hybridized carbons (Fsp3) is 0.222. The van der Waals surface area contributed by atoms with Crippen molar-refractivity contribution in [3.8, 4) is 11.5 Å². The fourth-order valence-electron chi connectivity index (χ4n) is 2.03. The van der Waals surface area contributed by atoms with E-state index >= 15 is 0 Å². The van der Waals surface area contributed by atoms with Crippen LogP contribution in [0.15, 0.2) is 48.5 Å². The molecule has 0 heterocycles. The van der Waals surface area contributed by atoms with Crippen LogP contribution in [-0.2, 0) is 9.59 Å². The van der Waals surface area contributed by atoms with Gasteiger partial charge in [-0.15, -0.1) is 0 Å². The molecule has 2 aromatic carbocycles. The highest BCUT2D eigenvalue weighted by atomic mass is 19.1. The van der Waals surface area contributed by atoms with Gasteiger partial charge in [0.05, 0.1) is 12.8 Å². The number of halogens is 1. The van der Waals surface area contributed by atoms with Crippen molar-refractivity contribution in [3.63, 3.8) is 0 Å². The Labute approximate surface area is 144 Å². The van der Waals surface area contributed by atoms with Crippen molar-refractivity contribution in [2.75, 3.05) is 19.0 Å². The summed E-state index contributed by atoms with van der Waals surface area (Å²) in [5, 5.41) is 4.91. The topological polar surface area (TPSA) is 76.7 Å². The first kappa shape index (κ1) is 18.3. The number of hydrogen-bond donors (Lipinski definition) is 2. The molecule has 0 fully saturated rings. The zero-order valence-electron chi connectivity index (χ0n) is 13.9. The minimum absolute atomic E-state index is 0.0545. The van der Waals surface area contributed by atoms with Crippen LogP contribution in [0.2, 0.25) is 0 Å². The molecule has 0 aliphatic rings. The van der Waals surface area contributed by atoms with Crippen LogP contribution in [-0.4, -0.2) is 31.6 Å². The number of hydrogen-bond acceptors (Lipinski definition) is 4. The van der Waals surface area contributed by atoms with Crippen molar-refractivity contribution in [1.82, 2.24) is 5.32 Å². The van der Waals surface area contributed by atoms with E-state index < -0.39 is 23.7 Å². The Morgan fingerprint density at radius 1 is 1.08 bits per heavy atom. The molecule has 25 heavy (non-hydrogen) atoms. The smallest absolute Gasteiger partial charge is 0.258 e. The van der Waals surface area contributed by atoms with Gasteiger partial charge in [0.2, 0.25) is 5.91 Å². The number of anilines is 1. The number of ether oxygens (including phenoxy) is 2. The molecule has 0 aliphatic heterocycles. The highest BCUT2D eigenvalue weighted by Crippen LogP contribution is 2.25. The molecule has 0 saturated carbocycles. The summed E-state index contributed by atoms with van der Waals surface area (Å²) in [6, 6.07) is 11.8. The summed E-state index contributed by atoms with van der Waals surface area (Å²) in [6.45, 7) is 1.22. The second-order valence-corrected chi connectivity index (χ2v) is 5.20. The molecule has 0 radical (unpaired) electrons. The Bertz CT molecular complexity index is 751. The summed E-state index contributed by atoms with van der Waals surface area (Å²) in [5.74, 6) is -0.643. The molecule has 2 N–H and O–H groups in total. The van der Waals surface area contributed by atoms with Crippen LogP contribution < -0.4 is 20.1 Å². The first-order valence-electron chi connectivity index (χ1n) is 7.62. The molecule has 0 saturated heterocycles. The average molecular weight is 346 g/mol. The molecule has 0 spiro atoms. The SMILES string of the molecule is COc1ccccc1OCC(=O)NC(C)C(=O)Nc1ccccc1F. The first-order chi connectivity index (χ1) is 12.0. The van der Waals surface area contributed by atoms with Crippen LogP contribution in [0, 0.1) is 5.82 Å². The van der Waals surface area contributed by atoms with E-state index in [1.165, 1.54) is 32.2 Å². The summed E-state index contributed by atoms with van der Waals surface area (Å²) < 4.78 is 24.0. The molecule has 2 aromatic rings. The van der Waals surface area contributed by atoms with Crippen LogP contribution in [0.1, 0.15) is 6.92 Å². The molecule has 0 aliphatic carbocycles. The van der Waals surface area contributed by atoms with Crippen LogP contribution in [0.25, 0.3) is 0 Å². The Morgan fingerprint density at radius 3 is 2.40 bits per heavy atom. The third kappa shape index (κ3) is 5.20. The molecule has 2 amide bonds. The number of rotatable bonds is 7. The molecule has 2 rings (SSSR count). The van der Waals surface area contributed by atoms with Crippen molar-refractivity contribution in [1.29, 1.82) is 0 Å². The van der Waals surface area contributed by atoms with Crippen LogP contribution in [0.3, 0.4) is 0 Å². The molecule has 132 valence electrons. The van der Waals surface area contributed by atoms with Gasteiger partial charge in [-0.1, -0.05) is 24.3 Å². The summed E-state index contributed by atoms with van der Waals surface area (Å²) in [4.78, 5) is 23.9. The van der Waals surface area contributed by atoms with Crippen molar-refractivity contribution < 1.29 is 23.5 Å².